The summed E-state index contributed by atoms with van der Waals surface area (Å²) < 4.78 is 11.6. The van der Waals surface area contributed by atoms with Crippen LogP contribution in [0.5, 0.6) is 0 Å². The molecular weight excluding hydrogens is 392 g/mol. The first kappa shape index (κ1) is 20.3. The van der Waals surface area contributed by atoms with Crippen LogP contribution in [0.2, 0.25) is 0 Å². The van der Waals surface area contributed by atoms with E-state index >= 15 is 0 Å². The lowest BCUT2D eigenvalue weighted by Gasteiger charge is -2.33. The normalized spacial score (nSPS) is 23.1. The Hall–Kier alpha value is -0.930. The first-order valence-corrected chi connectivity index (χ1v) is 12.3. The van der Waals surface area contributed by atoms with Crippen LogP contribution in [0.15, 0.2) is 5.16 Å². The van der Waals surface area contributed by atoms with E-state index in [2.05, 4.69) is 19.2 Å². The zero-order chi connectivity index (χ0) is 19.6. The first-order chi connectivity index (χ1) is 13.6. The van der Waals surface area contributed by atoms with Crippen molar-refractivity contribution in [2.75, 3.05) is 51.0 Å². The molecule has 8 heteroatoms. The molecule has 1 fully saturated rings. The SMILES string of the molecule is CC[C@@]1(C)Cc2c(sc3nc(SC)nc(NCCC[NH+]4CCOCC4)c23)CO1. The third kappa shape index (κ3) is 4.31. The maximum atomic E-state index is 6.16. The number of aromatic nitrogens is 2. The molecule has 0 aromatic carbocycles. The van der Waals surface area contributed by atoms with Gasteiger partial charge in [-0.1, -0.05) is 18.7 Å². The van der Waals surface area contributed by atoms with Crippen molar-refractivity contribution in [1.29, 1.82) is 0 Å². The van der Waals surface area contributed by atoms with E-state index in [1.807, 2.05) is 6.26 Å². The predicted octanol–water partition coefficient (Wildman–Crippen LogP) is 2.37. The molecular formula is C20H31N4O2S2+. The molecule has 2 N–H and O–H groups in total. The molecule has 4 heterocycles. The lowest BCUT2D eigenvalue weighted by molar-refractivity contribution is -0.908. The number of thiophene rings is 1. The summed E-state index contributed by atoms with van der Waals surface area (Å²) in [5, 5.41) is 5.70. The van der Waals surface area contributed by atoms with E-state index in [0.717, 1.165) is 67.9 Å². The molecule has 1 atom stereocenters. The van der Waals surface area contributed by atoms with Crippen LogP contribution < -0.4 is 10.2 Å². The number of quaternary nitrogens is 1. The highest BCUT2D eigenvalue weighted by Gasteiger charge is 2.33. The summed E-state index contributed by atoms with van der Waals surface area (Å²) in [6, 6.07) is 0. The average Bonchev–Trinajstić information content (AvgIpc) is 3.09. The van der Waals surface area contributed by atoms with Gasteiger partial charge in [0.25, 0.3) is 0 Å². The predicted molar refractivity (Wildman–Crippen MR) is 116 cm³/mol. The van der Waals surface area contributed by atoms with Gasteiger partial charge >= 0.3 is 0 Å². The molecule has 0 amide bonds. The zero-order valence-electron chi connectivity index (χ0n) is 17.1. The van der Waals surface area contributed by atoms with E-state index < -0.39 is 0 Å². The number of hydrogen-bond donors (Lipinski definition) is 2. The number of thioether (sulfide) groups is 1. The Morgan fingerprint density at radius 2 is 2.11 bits per heavy atom. The van der Waals surface area contributed by atoms with Crippen molar-refractivity contribution in [3.63, 3.8) is 0 Å². The molecule has 1 saturated heterocycles. The fraction of sp³-hybridized carbons (Fsp3) is 0.700. The lowest BCUT2D eigenvalue weighted by Crippen LogP contribution is -3.14. The Labute approximate surface area is 175 Å². The largest absolute Gasteiger partial charge is 0.370 e. The molecule has 2 aliphatic rings. The number of nitrogens with one attached hydrogen (secondary N) is 2. The van der Waals surface area contributed by atoms with Crippen LogP contribution in [-0.4, -0.2) is 61.2 Å². The smallest absolute Gasteiger partial charge is 0.190 e. The number of rotatable bonds is 7. The van der Waals surface area contributed by atoms with Crippen molar-refractivity contribution in [1.82, 2.24) is 9.97 Å². The van der Waals surface area contributed by atoms with E-state index in [9.17, 15) is 0 Å². The standard InChI is InChI=1S/C20H30N4O2S2/c1-4-20(2)12-14-15(13-26-20)28-18-16(14)17(22-19(23-18)27-3)21-6-5-7-24-8-10-25-11-9-24/h4-13H2,1-3H3,(H,21,22,23)/p+1/t20-/m0/s1. The van der Waals surface area contributed by atoms with Crippen LogP contribution in [0.1, 0.15) is 37.1 Å². The minimum Gasteiger partial charge on any atom is -0.370 e. The second-order valence-corrected chi connectivity index (χ2v) is 9.76. The van der Waals surface area contributed by atoms with Crippen LogP contribution in [0.3, 0.4) is 0 Å². The Morgan fingerprint density at radius 1 is 1.29 bits per heavy atom. The van der Waals surface area contributed by atoms with Gasteiger partial charge in [-0.15, -0.1) is 11.3 Å². The highest BCUT2D eigenvalue weighted by atomic mass is 32.2. The molecule has 0 radical (unpaired) electrons. The monoisotopic (exact) mass is 423 g/mol. The number of fused-ring (bicyclic) bond motifs is 3. The summed E-state index contributed by atoms with van der Waals surface area (Å²) in [6.45, 7) is 11.3. The molecule has 2 aromatic heterocycles. The number of nitrogens with zero attached hydrogens (tertiary/aromatic N) is 2. The average molecular weight is 424 g/mol. The number of anilines is 1. The van der Waals surface area contributed by atoms with Gasteiger partial charge in [-0.25, -0.2) is 9.97 Å². The van der Waals surface area contributed by atoms with E-state index in [-0.39, 0.29) is 5.60 Å². The fourth-order valence-corrected chi connectivity index (χ4v) is 5.48. The summed E-state index contributed by atoms with van der Waals surface area (Å²) in [4.78, 5) is 13.7. The third-order valence-corrected chi connectivity index (χ3v) is 7.59. The van der Waals surface area contributed by atoms with E-state index in [4.69, 9.17) is 19.4 Å². The molecule has 4 rings (SSSR count). The summed E-state index contributed by atoms with van der Waals surface area (Å²) in [6.07, 6.45) is 5.13. The summed E-state index contributed by atoms with van der Waals surface area (Å²) in [5.41, 5.74) is 1.31. The highest BCUT2D eigenvalue weighted by molar-refractivity contribution is 7.98. The summed E-state index contributed by atoms with van der Waals surface area (Å²) in [5.74, 6) is 1.00. The third-order valence-electron chi connectivity index (χ3n) is 5.95. The van der Waals surface area contributed by atoms with E-state index in [1.165, 1.54) is 22.4 Å². The molecule has 0 aliphatic carbocycles. The molecule has 28 heavy (non-hydrogen) atoms. The highest BCUT2D eigenvalue weighted by Crippen LogP contribution is 2.42. The van der Waals surface area contributed by atoms with Gasteiger partial charge in [0, 0.05) is 24.3 Å². The first-order valence-electron chi connectivity index (χ1n) is 10.3. The molecule has 0 spiro atoms. The topological polar surface area (TPSA) is 60.7 Å². The maximum absolute atomic E-state index is 6.16. The molecule has 2 aliphatic heterocycles. The van der Waals surface area contributed by atoms with Crippen LogP contribution in [0.4, 0.5) is 5.82 Å². The second kappa shape index (κ2) is 8.83. The van der Waals surface area contributed by atoms with Crippen LogP contribution in [-0.2, 0) is 22.5 Å². The second-order valence-electron chi connectivity index (χ2n) is 7.90. The van der Waals surface area contributed by atoms with Gasteiger partial charge in [0.15, 0.2) is 5.16 Å². The molecule has 0 unspecified atom stereocenters. The van der Waals surface area contributed by atoms with Crippen molar-refractivity contribution in [2.45, 2.75) is 50.5 Å². The molecule has 2 aromatic rings. The van der Waals surface area contributed by atoms with Crippen LogP contribution >= 0.6 is 23.1 Å². The number of morpholine rings is 1. The molecule has 6 nitrogen and oxygen atoms in total. The van der Waals surface area contributed by atoms with Gasteiger partial charge in [0.05, 0.1) is 37.4 Å². The van der Waals surface area contributed by atoms with Crippen LogP contribution in [0, 0.1) is 0 Å². The summed E-state index contributed by atoms with van der Waals surface area (Å²) in [7, 11) is 0. The van der Waals surface area contributed by atoms with Crippen molar-refractivity contribution >= 4 is 39.1 Å². The Morgan fingerprint density at radius 3 is 2.86 bits per heavy atom. The molecule has 0 bridgehead atoms. The van der Waals surface area contributed by atoms with Gasteiger partial charge in [0.2, 0.25) is 0 Å². The Balaban J connectivity index is 1.53. The van der Waals surface area contributed by atoms with Gasteiger partial charge in [-0.3, -0.25) is 0 Å². The lowest BCUT2D eigenvalue weighted by atomic mass is 9.90. The minimum atomic E-state index is -0.0872. The Bertz CT molecular complexity index is 822. The van der Waals surface area contributed by atoms with E-state index in [1.54, 1.807) is 28.0 Å². The van der Waals surface area contributed by atoms with Crippen molar-refractivity contribution in [2.24, 2.45) is 0 Å². The van der Waals surface area contributed by atoms with E-state index in [0.29, 0.717) is 6.61 Å². The number of ether oxygens (including phenoxy) is 2. The fourth-order valence-electron chi connectivity index (χ4n) is 3.95. The van der Waals surface area contributed by atoms with Crippen molar-refractivity contribution in [3.05, 3.63) is 10.4 Å². The number of hydrogen-bond acceptors (Lipinski definition) is 7. The van der Waals surface area contributed by atoms with Gasteiger partial charge in [-0.2, -0.15) is 0 Å². The quantitative estimate of drug-likeness (QED) is 0.405. The maximum Gasteiger partial charge on any atom is 0.190 e. The van der Waals surface area contributed by atoms with Gasteiger partial charge in [-0.05, 0) is 25.2 Å². The van der Waals surface area contributed by atoms with Crippen molar-refractivity contribution < 1.29 is 14.4 Å². The minimum absolute atomic E-state index is 0.0872. The molecule has 154 valence electrons. The Kier molecular flexibility index (Phi) is 6.42. The van der Waals surface area contributed by atoms with Gasteiger partial charge < -0.3 is 19.7 Å². The summed E-state index contributed by atoms with van der Waals surface area (Å²) >= 11 is 3.37. The zero-order valence-corrected chi connectivity index (χ0v) is 18.7. The molecule has 0 saturated carbocycles. The van der Waals surface area contributed by atoms with Crippen LogP contribution in [0.25, 0.3) is 10.2 Å². The van der Waals surface area contributed by atoms with Crippen molar-refractivity contribution in [3.8, 4) is 0 Å². The van der Waals surface area contributed by atoms with Gasteiger partial charge in [0.1, 0.15) is 23.7 Å².